The molecule has 0 spiro atoms. The lowest BCUT2D eigenvalue weighted by Gasteiger charge is -2.34. The fourth-order valence-corrected chi connectivity index (χ4v) is 3.76. The number of rotatable bonds is 4. The number of fused-ring (bicyclic) bond motifs is 2. The van der Waals surface area contributed by atoms with Crippen LogP contribution in [0.2, 0.25) is 0 Å². The summed E-state index contributed by atoms with van der Waals surface area (Å²) in [6, 6.07) is 13.2. The summed E-state index contributed by atoms with van der Waals surface area (Å²) in [5, 5.41) is 15.5. The molecule has 0 radical (unpaired) electrons. The van der Waals surface area contributed by atoms with Gasteiger partial charge in [0.25, 0.3) is 0 Å². The van der Waals surface area contributed by atoms with E-state index in [2.05, 4.69) is 56.3 Å². The molecule has 0 saturated carbocycles. The molecule has 30 heavy (non-hydrogen) atoms. The fourth-order valence-electron chi connectivity index (χ4n) is 3.76. The lowest BCUT2D eigenvalue weighted by molar-refractivity contribution is 0.475. The summed E-state index contributed by atoms with van der Waals surface area (Å²) in [6.07, 6.45) is 4.94. The monoisotopic (exact) mass is 399 g/mol. The Bertz CT molecular complexity index is 1350. The van der Waals surface area contributed by atoms with Crippen LogP contribution in [0, 0.1) is 6.92 Å². The second kappa shape index (κ2) is 7.14. The SMILES string of the molecule is Cc1cccc2c1=CN(c1cccc(O)c1)C(C(C)Nc1ncnc3nc[nH]c13)N=2. The topological polar surface area (TPSA) is 102 Å². The Labute approximate surface area is 172 Å². The molecule has 0 saturated heterocycles. The van der Waals surface area contributed by atoms with Crippen LogP contribution >= 0.6 is 0 Å². The Morgan fingerprint density at radius 2 is 2.00 bits per heavy atom. The van der Waals surface area contributed by atoms with Crippen molar-refractivity contribution < 1.29 is 5.11 Å². The number of aromatic nitrogens is 4. The van der Waals surface area contributed by atoms with Gasteiger partial charge in [-0.05, 0) is 37.6 Å². The molecule has 2 aromatic heterocycles. The lowest BCUT2D eigenvalue weighted by atomic mass is 10.1. The van der Waals surface area contributed by atoms with Crippen LogP contribution in [0.4, 0.5) is 11.5 Å². The minimum absolute atomic E-state index is 0.112. The standard InChI is InChI=1S/C22H21N7O/c1-13-5-3-8-18-17(13)10-29(15-6-4-7-16(30)9-15)22(28-18)14(2)27-21-19-20(24-11-23-19)25-12-26-21/h3-12,14,22,30H,1-2H3,(H2,23,24,25,26,27). The highest BCUT2D eigenvalue weighted by atomic mass is 16.3. The zero-order chi connectivity index (χ0) is 20.7. The van der Waals surface area contributed by atoms with Gasteiger partial charge in [-0.25, -0.2) is 15.0 Å². The van der Waals surface area contributed by atoms with Crippen molar-refractivity contribution >= 4 is 28.9 Å². The molecule has 5 rings (SSSR count). The molecule has 4 aromatic rings. The first-order valence-electron chi connectivity index (χ1n) is 9.73. The van der Waals surface area contributed by atoms with E-state index >= 15 is 0 Å². The minimum atomic E-state index is -0.256. The second-order valence-corrected chi connectivity index (χ2v) is 7.36. The van der Waals surface area contributed by atoms with E-state index in [1.807, 2.05) is 24.3 Å². The molecule has 3 N–H and O–H groups in total. The number of nitrogens with one attached hydrogen (secondary N) is 2. The van der Waals surface area contributed by atoms with Crippen molar-refractivity contribution in [1.82, 2.24) is 19.9 Å². The number of aromatic amines is 1. The summed E-state index contributed by atoms with van der Waals surface area (Å²) in [7, 11) is 0. The normalized spacial score (nSPS) is 16.5. The first-order chi connectivity index (χ1) is 14.6. The molecule has 8 heteroatoms. The average Bonchev–Trinajstić information content (AvgIpc) is 3.23. The zero-order valence-corrected chi connectivity index (χ0v) is 16.6. The number of imidazole rings is 1. The van der Waals surface area contributed by atoms with E-state index in [0.717, 1.165) is 27.3 Å². The van der Waals surface area contributed by atoms with Gasteiger partial charge in [0.2, 0.25) is 0 Å². The van der Waals surface area contributed by atoms with E-state index < -0.39 is 0 Å². The maximum atomic E-state index is 10.0. The second-order valence-electron chi connectivity index (χ2n) is 7.36. The smallest absolute Gasteiger partial charge is 0.182 e. The number of phenols is 1. The summed E-state index contributed by atoms with van der Waals surface area (Å²) >= 11 is 0. The summed E-state index contributed by atoms with van der Waals surface area (Å²) in [6.45, 7) is 4.13. The quantitative estimate of drug-likeness (QED) is 0.486. The van der Waals surface area contributed by atoms with Crippen molar-refractivity contribution in [2.75, 3.05) is 10.2 Å². The van der Waals surface area contributed by atoms with E-state index in [4.69, 9.17) is 4.99 Å². The number of H-pyrrole nitrogens is 1. The molecule has 1 aliphatic heterocycles. The molecule has 150 valence electrons. The predicted octanol–water partition coefficient (Wildman–Crippen LogP) is 2.07. The molecule has 0 bridgehead atoms. The van der Waals surface area contributed by atoms with Crippen LogP contribution < -0.4 is 20.8 Å². The average molecular weight is 399 g/mol. The van der Waals surface area contributed by atoms with E-state index in [1.54, 1.807) is 18.5 Å². The number of aryl methyl sites for hydroxylation is 1. The van der Waals surface area contributed by atoms with Gasteiger partial charge in [0, 0.05) is 23.2 Å². The number of phenolic OH excluding ortho intramolecular Hbond substituents is 1. The van der Waals surface area contributed by atoms with Gasteiger partial charge in [0.05, 0.1) is 17.7 Å². The number of benzene rings is 2. The third-order valence-corrected chi connectivity index (χ3v) is 5.29. The van der Waals surface area contributed by atoms with Gasteiger partial charge in [-0.3, -0.25) is 4.99 Å². The number of nitrogens with zero attached hydrogens (tertiary/aromatic N) is 5. The Morgan fingerprint density at radius 1 is 1.13 bits per heavy atom. The van der Waals surface area contributed by atoms with Crippen LogP contribution in [-0.2, 0) is 0 Å². The Hall–Kier alpha value is -3.94. The highest BCUT2D eigenvalue weighted by Crippen LogP contribution is 2.26. The Morgan fingerprint density at radius 3 is 2.87 bits per heavy atom. The number of hydrogen-bond acceptors (Lipinski definition) is 7. The van der Waals surface area contributed by atoms with Crippen molar-refractivity contribution in [3.63, 3.8) is 0 Å². The number of hydrogen-bond donors (Lipinski definition) is 3. The van der Waals surface area contributed by atoms with Crippen molar-refractivity contribution in [2.24, 2.45) is 4.99 Å². The number of aromatic hydroxyl groups is 1. The van der Waals surface area contributed by atoms with Crippen LogP contribution in [0.25, 0.3) is 17.4 Å². The Balaban J connectivity index is 1.59. The minimum Gasteiger partial charge on any atom is -0.508 e. The van der Waals surface area contributed by atoms with Gasteiger partial charge < -0.3 is 20.3 Å². The molecule has 2 unspecified atom stereocenters. The van der Waals surface area contributed by atoms with Gasteiger partial charge in [-0.2, -0.15) is 0 Å². The van der Waals surface area contributed by atoms with Crippen molar-refractivity contribution in [1.29, 1.82) is 0 Å². The summed E-state index contributed by atoms with van der Waals surface area (Å²) in [4.78, 5) is 23.0. The summed E-state index contributed by atoms with van der Waals surface area (Å²) < 4.78 is 0. The van der Waals surface area contributed by atoms with Gasteiger partial charge in [-0.15, -0.1) is 0 Å². The third-order valence-electron chi connectivity index (χ3n) is 5.29. The molecule has 0 aliphatic carbocycles. The predicted molar refractivity (Wildman–Crippen MR) is 116 cm³/mol. The van der Waals surface area contributed by atoms with Crippen LogP contribution in [0.5, 0.6) is 5.75 Å². The van der Waals surface area contributed by atoms with Crippen molar-refractivity contribution in [3.8, 4) is 5.75 Å². The maximum Gasteiger partial charge on any atom is 0.182 e. The van der Waals surface area contributed by atoms with Gasteiger partial charge in [-0.1, -0.05) is 18.2 Å². The van der Waals surface area contributed by atoms with Crippen molar-refractivity contribution in [3.05, 3.63) is 71.3 Å². The zero-order valence-electron chi connectivity index (χ0n) is 16.6. The fraction of sp³-hybridized carbons (Fsp3) is 0.182. The summed E-state index contributed by atoms with van der Waals surface area (Å²) in [5.41, 5.74) is 3.37. The number of anilines is 2. The molecule has 8 nitrogen and oxygen atoms in total. The third kappa shape index (κ3) is 3.12. The molecule has 2 aromatic carbocycles. The van der Waals surface area contributed by atoms with Crippen LogP contribution in [0.3, 0.4) is 0 Å². The highest BCUT2D eigenvalue weighted by molar-refractivity contribution is 5.82. The van der Waals surface area contributed by atoms with Gasteiger partial charge >= 0.3 is 0 Å². The van der Waals surface area contributed by atoms with Gasteiger partial charge in [0.1, 0.15) is 23.8 Å². The van der Waals surface area contributed by atoms with Crippen LogP contribution in [0.1, 0.15) is 12.5 Å². The highest BCUT2D eigenvalue weighted by Gasteiger charge is 2.26. The van der Waals surface area contributed by atoms with Gasteiger partial charge in [0.15, 0.2) is 11.5 Å². The molecule has 0 amide bonds. The van der Waals surface area contributed by atoms with Crippen molar-refractivity contribution in [2.45, 2.75) is 26.1 Å². The molecule has 2 atom stereocenters. The first-order valence-corrected chi connectivity index (χ1v) is 9.73. The molecule has 1 aliphatic rings. The van der Waals surface area contributed by atoms with Crippen LogP contribution in [-0.4, -0.2) is 37.3 Å². The molecular formula is C22H21N7O. The van der Waals surface area contributed by atoms with E-state index in [1.165, 1.54) is 6.33 Å². The van der Waals surface area contributed by atoms with E-state index in [0.29, 0.717) is 11.5 Å². The Kier molecular flexibility index (Phi) is 4.31. The van der Waals surface area contributed by atoms with Crippen LogP contribution in [0.15, 0.2) is 60.1 Å². The largest absolute Gasteiger partial charge is 0.508 e. The maximum absolute atomic E-state index is 10.0. The molecular weight excluding hydrogens is 378 g/mol. The lowest BCUT2D eigenvalue weighted by Crippen LogP contribution is -2.49. The first kappa shape index (κ1) is 18.1. The molecule has 3 heterocycles. The van der Waals surface area contributed by atoms with E-state index in [-0.39, 0.29) is 18.0 Å². The summed E-state index contributed by atoms with van der Waals surface area (Å²) in [5.74, 6) is 0.886. The molecule has 0 fully saturated rings. The van der Waals surface area contributed by atoms with E-state index in [9.17, 15) is 5.11 Å².